The Bertz CT molecular complexity index is 2130. The van der Waals surface area contributed by atoms with Gasteiger partial charge in [-0.1, -0.05) is 121 Å². The second-order valence-corrected chi connectivity index (χ2v) is 12.2. The number of rotatable bonds is 3. The van der Waals surface area contributed by atoms with E-state index < -0.39 is 0 Å². The second-order valence-electron chi connectivity index (χ2n) is 11.2. The number of nitrogens with one attached hydrogen (secondary N) is 1. The molecule has 42 heavy (non-hydrogen) atoms. The van der Waals surface area contributed by atoms with Crippen molar-refractivity contribution in [3.05, 3.63) is 161 Å². The van der Waals surface area contributed by atoms with Gasteiger partial charge < -0.3 is 9.88 Å². The van der Waals surface area contributed by atoms with Crippen LogP contribution in [0.15, 0.2) is 148 Å². The number of allylic oxidation sites excluding steroid dienone is 4. The molecule has 9 rings (SSSR count). The van der Waals surface area contributed by atoms with Crippen LogP contribution in [0.1, 0.15) is 40.8 Å². The molecule has 0 radical (unpaired) electrons. The summed E-state index contributed by atoms with van der Waals surface area (Å²) in [6.07, 6.45) is 7.69. The molecule has 2 atom stereocenters. The van der Waals surface area contributed by atoms with E-state index in [9.17, 15) is 0 Å². The number of fused-ring (bicyclic) bond motifs is 8. The van der Waals surface area contributed by atoms with Crippen molar-refractivity contribution in [1.29, 1.82) is 0 Å². The predicted molar refractivity (Wildman–Crippen MR) is 176 cm³/mol. The topological polar surface area (TPSA) is 29.3 Å². The zero-order valence-corrected chi connectivity index (χ0v) is 23.7. The minimum absolute atomic E-state index is 0.192. The second kappa shape index (κ2) is 9.37. The number of anilines is 1. The van der Waals surface area contributed by atoms with Gasteiger partial charge in [-0.25, -0.2) is 0 Å². The Morgan fingerprint density at radius 2 is 1.64 bits per heavy atom. The summed E-state index contributed by atoms with van der Waals surface area (Å²) in [5.74, 6) is 0.467. The summed E-state index contributed by atoms with van der Waals surface area (Å²) in [7, 11) is 0. The molecule has 0 saturated heterocycles. The molecular weight excluding hydrogens is 531 g/mol. The number of para-hydroxylation sites is 2. The molecule has 0 amide bonds. The Morgan fingerprint density at radius 1 is 0.786 bits per heavy atom. The van der Waals surface area contributed by atoms with Gasteiger partial charge in [0.2, 0.25) is 0 Å². The number of aromatic nitrogens is 1. The van der Waals surface area contributed by atoms with Gasteiger partial charge in [-0.05, 0) is 46.7 Å². The maximum Gasteiger partial charge on any atom is 0.145 e. The summed E-state index contributed by atoms with van der Waals surface area (Å²) in [5, 5.41) is 6.32. The number of benzene rings is 5. The summed E-state index contributed by atoms with van der Waals surface area (Å²) in [5.41, 5.74) is 10.7. The first-order valence-electron chi connectivity index (χ1n) is 14.5. The van der Waals surface area contributed by atoms with Gasteiger partial charge in [0.1, 0.15) is 6.17 Å². The number of nitrogens with zero attached hydrogens (tertiary/aromatic N) is 2. The highest BCUT2D eigenvalue weighted by Gasteiger charge is 2.32. The van der Waals surface area contributed by atoms with Gasteiger partial charge in [-0.3, -0.25) is 4.99 Å². The van der Waals surface area contributed by atoms with Crippen LogP contribution in [0.5, 0.6) is 0 Å². The van der Waals surface area contributed by atoms with Gasteiger partial charge in [0.05, 0.1) is 16.7 Å². The van der Waals surface area contributed by atoms with E-state index in [0.29, 0.717) is 5.92 Å². The monoisotopic (exact) mass is 557 g/mol. The SMILES string of the molecule is C1=CCC2C(=C1)Sc1c2ccc2c3ccccc3n(-c3cccc(C4N=C(c5ccccc5)c5ccccc5N4)c3)c12. The Morgan fingerprint density at radius 3 is 2.60 bits per heavy atom. The van der Waals surface area contributed by atoms with Gasteiger partial charge in [-0.2, -0.15) is 0 Å². The zero-order valence-electron chi connectivity index (χ0n) is 22.9. The third-order valence-corrected chi connectivity index (χ3v) is 10.0. The van der Waals surface area contributed by atoms with E-state index in [-0.39, 0.29) is 6.17 Å². The molecule has 200 valence electrons. The first kappa shape index (κ1) is 23.9. The van der Waals surface area contributed by atoms with Crippen LogP contribution in [0, 0.1) is 0 Å². The Hall–Kier alpha value is -4.80. The largest absolute Gasteiger partial charge is 0.360 e. The fraction of sp³-hybridized carbons (Fsp3) is 0.0789. The van der Waals surface area contributed by atoms with Crippen LogP contribution in [0.2, 0.25) is 0 Å². The van der Waals surface area contributed by atoms with Gasteiger partial charge in [0, 0.05) is 44.1 Å². The standard InChI is InChI=1S/C38H27N3S/c1-2-11-24(12-3-1)35-31-17-4-7-18-32(31)39-38(40-35)25-13-10-14-26(23-25)41-33-19-8-5-15-27(33)29-21-22-30-28-16-6-9-20-34(28)42-37(30)36(29)41/h1-15,17-23,28,38-39H,16H2. The van der Waals surface area contributed by atoms with Gasteiger partial charge in [0.15, 0.2) is 0 Å². The molecule has 1 aromatic heterocycles. The van der Waals surface area contributed by atoms with E-state index in [2.05, 4.69) is 143 Å². The highest BCUT2D eigenvalue weighted by molar-refractivity contribution is 8.03. The van der Waals surface area contributed by atoms with Crippen molar-refractivity contribution in [2.24, 2.45) is 4.99 Å². The quantitative estimate of drug-likeness (QED) is 0.235. The maximum absolute atomic E-state index is 5.30. The van der Waals surface area contributed by atoms with Crippen molar-refractivity contribution in [2.45, 2.75) is 23.4 Å². The molecule has 4 heteroatoms. The predicted octanol–water partition coefficient (Wildman–Crippen LogP) is 9.78. The van der Waals surface area contributed by atoms with E-state index in [0.717, 1.165) is 40.2 Å². The summed E-state index contributed by atoms with van der Waals surface area (Å²) < 4.78 is 2.48. The highest BCUT2D eigenvalue weighted by atomic mass is 32.2. The third-order valence-electron chi connectivity index (χ3n) is 8.75. The molecule has 6 aromatic rings. The molecule has 0 saturated carbocycles. The molecule has 0 spiro atoms. The fourth-order valence-electron chi connectivity index (χ4n) is 6.82. The Kier molecular flexibility index (Phi) is 5.32. The average molecular weight is 558 g/mol. The molecule has 0 fully saturated rings. The van der Waals surface area contributed by atoms with E-state index in [4.69, 9.17) is 4.99 Å². The lowest BCUT2D eigenvalue weighted by atomic mass is 9.92. The lowest BCUT2D eigenvalue weighted by Crippen LogP contribution is -2.20. The van der Waals surface area contributed by atoms with Crippen LogP contribution in [0.25, 0.3) is 27.5 Å². The summed E-state index contributed by atoms with van der Waals surface area (Å²) in [6, 6.07) is 41.4. The smallest absolute Gasteiger partial charge is 0.145 e. The molecule has 3 nitrogen and oxygen atoms in total. The van der Waals surface area contributed by atoms with Crippen LogP contribution < -0.4 is 5.32 Å². The lowest BCUT2D eigenvalue weighted by molar-refractivity contribution is 0.826. The van der Waals surface area contributed by atoms with Crippen LogP contribution in [-0.2, 0) is 0 Å². The van der Waals surface area contributed by atoms with Crippen LogP contribution in [0.4, 0.5) is 5.69 Å². The molecule has 1 aliphatic carbocycles. The molecule has 3 heterocycles. The molecular formula is C38H27N3S. The zero-order chi connectivity index (χ0) is 27.6. The summed E-state index contributed by atoms with van der Waals surface area (Å²) in [4.78, 5) is 8.14. The van der Waals surface area contributed by atoms with Crippen molar-refractivity contribution >= 4 is 45.0 Å². The molecule has 2 aliphatic heterocycles. The van der Waals surface area contributed by atoms with Crippen molar-refractivity contribution in [1.82, 2.24) is 4.57 Å². The number of thioether (sulfide) groups is 1. The minimum Gasteiger partial charge on any atom is -0.360 e. The molecule has 2 unspecified atom stereocenters. The maximum atomic E-state index is 5.30. The Labute approximate surface area is 248 Å². The van der Waals surface area contributed by atoms with E-state index in [1.54, 1.807) is 0 Å². The average Bonchev–Trinajstić information content (AvgIpc) is 3.61. The summed E-state index contributed by atoms with van der Waals surface area (Å²) >= 11 is 1.95. The van der Waals surface area contributed by atoms with Crippen molar-refractivity contribution in [3.8, 4) is 5.69 Å². The van der Waals surface area contributed by atoms with E-state index in [1.807, 2.05) is 11.8 Å². The van der Waals surface area contributed by atoms with Crippen molar-refractivity contribution in [2.75, 3.05) is 5.32 Å². The summed E-state index contributed by atoms with van der Waals surface area (Å²) in [6.45, 7) is 0. The number of hydrogen-bond acceptors (Lipinski definition) is 3. The first-order valence-corrected chi connectivity index (χ1v) is 15.4. The molecule has 5 aromatic carbocycles. The molecule has 1 N–H and O–H groups in total. The normalized spacial score (nSPS) is 18.7. The molecule has 0 bridgehead atoms. The van der Waals surface area contributed by atoms with Crippen molar-refractivity contribution < 1.29 is 0 Å². The lowest BCUT2D eigenvalue weighted by Gasteiger charge is -2.26. The number of aliphatic imine (C=N–C) groups is 1. The van der Waals surface area contributed by atoms with Crippen LogP contribution in [0.3, 0.4) is 0 Å². The fourth-order valence-corrected chi connectivity index (χ4v) is 8.19. The third kappa shape index (κ3) is 3.58. The first-order chi connectivity index (χ1) is 20.8. The highest BCUT2D eigenvalue weighted by Crippen LogP contribution is 2.55. The minimum atomic E-state index is -0.192. The van der Waals surface area contributed by atoms with Crippen LogP contribution >= 0.6 is 11.8 Å². The van der Waals surface area contributed by atoms with E-state index in [1.165, 1.54) is 37.2 Å². The van der Waals surface area contributed by atoms with Gasteiger partial charge >= 0.3 is 0 Å². The van der Waals surface area contributed by atoms with Gasteiger partial charge in [-0.15, -0.1) is 0 Å². The number of hydrogen-bond donors (Lipinski definition) is 1. The van der Waals surface area contributed by atoms with Gasteiger partial charge in [0.25, 0.3) is 0 Å². The van der Waals surface area contributed by atoms with E-state index >= 15 is 0 Å². The molecule has 3 aliphatic rings. The van der Waals surface area contributed by atoms with Crippen molar-refractivity contribution in [3.63, 3.8) is 0 Å². The Balaban J connectivity index is 1.23. The van der Waals surface area contributed by atoms with Crippen LogP contribution in [-0.4, -0.2) is 10.3 Å².